The standard InChI is InChI=1S/C23H28N2O3/c1-17(25-23(27)19-10-4-2-5-11-19)22(26)24-16-18-9-8-14-21(15-18)28-20-12-6-3-7-13-20/h2,4-5,8-11,14-15,17,20H,3,6-7,12-13,16H2,1H3,(H,24,26)(H,25,27). The predicted molar refractivity (Wildman–Crippen MR) is 109 cm³/mol. The molecule has 3 rings (SSSR count). The Morgan fingerprint density at radius 2 is 1.79 bits per heavy atom. The number of rotatable bonds is 7. The SMILES string of the molecule is CC(NC(=O)c1ccccc1)C(=O)NCc1cccc(OC2CCCCC2)c1. The van der Waals surface area contributed by atoms with Crippen LogP contribution in [0.5, 0.6) is 5.75 Å². The third kappa shape index (κ3) is 5.84. The van der Waals surface area contributed by atoms with Crippen LogP contribution >= 0.6 is 0 Å². The number of carbonyl (C=O) groups is 2. The summed E-state index contributed by atoms with van der Waals surface area (Å²) in [5, 5.41) is 5.60. The first-order valence-corrected chi connectivity index (χ1v) is 10.0. The number of ether oxygens (including phenoxy) is 1. The average Bonchev–Trinajstić information content (AvgIpc) is 2.73. The van der Waals surface area contributed by atoms with E-state index in [1.807, 2.05) is 30.3 Å². The molecule has 1 aliphatic carbocycles. The molecule has 2 aromatic rings. The van der Waals surface area contributed by atoms with Gasteiger partial charge in [-0.1, -0.05) is 36.8 Å². The van der Waals surface area contributed by atoms with Crippen molar-refractivity contribution < 1.29 is 14.3 Å². The van der Waals surface area contributed by atoms with Crippen LogP contribution in [0.25, 0.3) is 0 Å². The van der Waals surface area contributed by atoms with Crippen LogP contribution < -0.4 is 15.4 Å². The molecule has 0 bridgehead atoms. The molecule has 5 nitrogen and oxygen atoms in total. The van der Waals surface area contributed by atoms with Crippen LogP contribution in [0.4, 0.5) is 0 Å². The van der Waals surface area contributed by atoms with E-state index in [0.29, 0.717) is 18.2 Å². The minimum Gasteiger partial charge on any atom is -0.490 e. The summed E-state index contributed by atoms with van der Waals surface area (Å²) < 4.78 is 6.08. The van der Waals surface area contributed by atoms with Crippen molar-refractivity contribution in [1.82, 2.24) is 10.6 Å². The predicted octanol–water partition coefficient (Wildman–Crippen LogP) is 3.83. The van der Waals surface area contributed by atoms with Crippen molar-refractivity contribution in [3.05, 3.63) is 65.7 Å². The van der Waals surface area contributed by atoms with E-state index < -0.39 is 6.04 Å². The molecule has 1 unspecified atom stereocenters. The van der Waals surface area contributed by atoms with Crippen molar-refractivity contribution in [2.24, 2.45) is 0 Å². The molecule has 0 spiro atoms. The van der Waals surface area contributed by atoms with Crippen molar-refractivity contribution in [3.8, 4) is 5.75 Å². The van der Waals surface area contributed by atoms with Gasteiger partial charge in [-0.05, 0) is 62.4 Å². The Hall–Kier alpha value is -2.82. The molecule has 148 valence electrons. The second kappa shape index (κ2) is 9.93. The molecule has 1 aliphatic rings. The van der Waals surface area contributed by atoms with Gasteiger partial charge in [-0.3, -0.25) is 9.59 Å². The van der Waals surface area contributed by atoms with Gasteiger partial charge in [0.1, 0.15) is 11.8 Å². The lowest BCUT2D eigenvalue weighted by molar-refractivity contribution is -0.122. The Labute approximate surface area is 166 Å². The quantitative estimate of drug-likeness (QED) is 0.767. The van der Waals surface area contributed by atoms with Crippen molar-refractivity contribution >= 4 is 11.8 Å². The molecule has 1 saturated carbocycles. The number of benzene rings is 2. The van der Waals surface area contributed by atoms with Crippen LogP contribution in [0.2, 0.25) is 0 Å². The zero-order valence-corrected chi connectivity index (χ0v) is 16.3. The van der Waals surface area contributed by atoms with Gasteiger partial charge in [-0.25, -0.2) is 0 Å². The summed E-state index contributed by atoms with van der Waals surface area (Å²) in [6.45, 7) is 2.07. The van der Waals surface area contributed by atoms with Gasteiger partial charge in [0.15, 0.2) is 0 Å². The topological polar surface area (TPSA) is 67.4 Å². The summed E-state index contributed by atoms with van der Waals surface area (Å²) in [6.07, 6.45) is 6.27. The zero-order chi connectivity index (χ0) is 19.8. The van der Waals surface area contributed by atoms with E-state index in [-0.39, 0.29) is 11.8 Å². The molecule has 2 aromatic carbocycles. The molecule has 0 saturated heterocycles. The van der Waals surface area contributed by atoms with E-state index in [4.69, 9.17) is 4.74 Å². The van der Waals surface area contributed by atoms with Gasteiger partial charge in [0.25, 0.3) is 5.91 Å². The van der Waals surface area contributed by atoms with Crippen LogP contribution in [-0.2, 0) is 11.3 Å². The Morgan fingerprint density at radius 1 is 1.04 bits per heavy atom. The fraction of sp³-hybridized carbons (Fsp3) is 0.391. The van der Waals surface area contributed by atoms with E-state index in [1.165, 1.54) is 19.3 Å². The van der Waals surface area contributed by atoms with Crippen LogP contribution in [-0.4, -0.2) is 24.0 Å². The number of carbonyl (C=O) groups excluding carboxylic acids is 2. The lowest BCUT2D eigenvalue weighted by atomic mass is 9.98. The first-order valence-electron chi connectivity index (χ1n) is 10.0. The monoisotopic (exact) mass is 380 g/mol. The lowest BCUT2D eigenvalue weighted by Gasteiger charge is -2.23. The van der Waals surface area contributed by atoms with Gasteiger partial charge in [-0.15, -0.1) is 0 Å². The summed E-state index contributed by atoms with van der Waals surface area (Å²) in [7, 11) is 0. The third-order valence-electron chi connectivity index (χ3n) is 5.00. The van der Waals surface area contributed by atoms with Crippen LogP contribution in [0, 0.1) is 0 Å². The largest absolute Gasteiger partial charge is 0.490 e. The van der Waals surface area contributed by atoms with E-state index in [1.54, 1.807) is 31.2 Å². The first-order chi connectivity index (χ1) is 13.6. The molecule has 0 radical (unpaired) electrons. The molecule has 1 atom stereocenters. The molecule has 2 amide bonds. The molecule has 0 aliphatic heterocycles. The van der Waals surface area contributed by atoms with Gasteiger partial charge < -0.3 is 15.4 Å². The maximum absolute atomic E-state index is 12.3. The number of hydrogen-bond acceptors (Lipinski definition) is 3. The fourth-order valence-electron chi connectivity index (χ4n) is 3.38. The Kier molecular flexibility index (Phi) is 7.06. The Balaban J connectivity index is 1.48. The third-order valence-corrected chi connectivity index (χ3v) is 5.00. The van der Waals surface area contributed by atoms with E-state index in [2.05, 4.69) is 10.6 Å². The minimum absolute atomic E-state index is 0.220. The summed E-state index contributed by atoms with van der Waals surface area (Å²) in [6, 6.07) is 16.1. The Bertz CT molecular complexity index is 785. The maximum atomic E-state index is 12.3. The highest BCUT2D eigenvalue weighted by Gasteiger charge is 2.17. The van der Waals surface area contributed by atoms with E-state index in [0.717, 1.165) is 24.2 Å². The average molecular weight is 380 g/mol. The second-order valence-electron chi connectivity index (χ2n) is 7.30. The summed E-state index contributed by atoms with van der Waals surface area (Å²) in [4.78, 5) is 24.5. The molecule has 28 heavy (non-hydrogen) atoms. The molecular formula is C23H28N2O3. The van der Waals surface area contributed by atoms with Crippen LogP contribution in [0.1, 0.15) is 54.9 Å². The van der Waals surface area contributed by atoms with Gasteiger partial charge in [-0.2, -0.15) is 0 Å². The van der Waals surface area contributed by atoms with Crippen molar-refractivity contribution in [3.63, 3.8) is 0 Å². The molecule has 2 N–H and O–H groups in total. The second-order valence-corrected chi connectivity index (χ2v) is 7.30. The van der Waals surface area contributed by atoms with Crippen LogP contribution in [0.3, 0.4) is 0 Å². The lowest BCUT2D eigenvalue weighted by Crippen LogP contribution is -2.44. The van der Waals surface area contributed by atoms with Gasteiger partial charge in [0.05, 0.1) is 6.10 Å². The van der Waals surface area contributed by atoms with E-state index >= 15 is 0 Å². The highest BCUT2D eigenvalue weighted by Crippen LogP contribution is 2.23. The first kappa shape index (κ1) is 19.9. The molecule has 0 heterocycles. The maximum Gasteiger partial charge on any atom is 0.251 e. The van der Waals surface area contributed by atoms with Gasteiger partial charge >= 0.3 is 0 Å². The fourth-order valence-corrected chi connectivity index (χ4v) is 3.38. The summed E-state index contributed by atoms with van der Waals surface area (Å²) in [5.74, 6) is 0.373. The normalized spacial score (nSPS) is 15.5. The smallest absolute Gasteiger partial charge is 0.251 e. The number of nitrogens with one attached hydrogen (secondary N) is 2. The molecule has 5 heteroatoms. The molecule has 0 aromatic heterocycles. The van der Waals surface area contributed by atoms with Crippen molar-refractivity contribution in [2.45, 2.75) is 57.7 Å². The Morgan fingerprint density at radius 3 is 2.54 bits per heavy atom. The number of amides is 2. The van der Waals surface area contributed by atoms with Gasteiger partial charge in [0.2, 0.25) is 5.91 Å². The molecule has 1 fully saturated rings. The highest BCUT2D eigenvalue weighted by atomic mass is 16.5. The minimum atomic E-state index is -0.616. The van der Waals surface area contributed by atoms with Crippen molar-refractivity contribution in [1.29, 1.82) is 0 Å². The highest BCUT2D eigenvalue weighted by molar-refractivity contribution is 5.97. The number of hydrogen-bond donors (Lipinski definition) is 2. The van der Waals surface area contributed by atoms with E-state index in [9.17, 15) is 9.59 Å². The summed E-state index contributed by atoms with van der Waals surface area (Å²) >= 11 is 0. The van der Waals surface area contributed by atoms with Gasteiger partial charge in [0, 0.05) is 12.1 Å². The van der Waals surface area contributed by atoms with Crippen LogP contribution in [0.15, 0.2) is 54.6 Å². The molecular weight excluding hydrogens is 352 g/mol. The summed E-state index contributed by atoms with van der Waals surface area (Å²) in [5.41, 5.74) is 1.51. The zero-order valence-electron chi connectivity index (χ0n) is 16.3. The van der Waals surface area contributed by atoms with Crippen molar-refractivity contribution in [2.75, 3.05) is 0 Å².